The van der Waals surface area contributed by atoms with E-state index in [1.54, 1.807) is 0 Å². The van der Waals surface area contributed by atoms with Crippen molar-refractivity contribution >= 4 is 28.4 Å². The molecular formula is C22H20N2OS. The monoisotopic (exact) mass is 360 g/mol. The van der Waals surface area contributed by atoms with E-state index in [-0.39, 0.29) is 5.78 Å². The Labute approximate surface area is 158 Å². The number of likely N-dealkylation sites (N-methyl/N-ethyl adjacent to an activating group) is 1. The highest BCUT2D eigenvalue weighted by atomic mass is 32.2. The fraction of sp³-hybridized carbons (Fsp3) is 0.182. The Hall–Kier alpha value is -2.59. The Morgan fingerprint density at radius 2 is 1.85 bits per heavy atom. The largest absolute Gasteiger partial charge is 0.324 e. The van der Waals surface area contributed by atoms with Crippen LogP contribution in [0.1, 0.15) is 27.9 Å². The molecule has 0 bridgehead atoms. The molecule has 0 unspecified atom stereocenters. The molecule has 0 saturated heterocycles. The van der Waals surface area contributed by atoms with Crippen molar-refractivity contribution in [3.05, 3.63) is 89.1 Å². The molecule has 2 aromatic rings. The maximum Gasteiger partial charge on any atom is 0.173 e. The number of hydrogen-bond acceptors (Lipinski definition) is 4. The quantitative estimate of drug-likeness (QED) is 0.739. The Kier molecular flexibility index (Phi) is 4.51. The van der Waals surface area contributed by atoms with Crippen LogP contribution in [-0.2, 0) is 6.42 Å². The Morgan fingerprint density at radius 3 is 2.65 bits per heavy atom. The number of nitrogens with zero attached hydrogens (tertiary/aromatic N) is 2. The van der Waals surface area contributed by atoms with Gasteiger partial charge in [-0.2, -0.15) is 0 Å². The number of amidine groups is 1. The zero-order valence-corrected chi connectivity index (χ0v) is 15.6. The number of carbonyl (C=O) groups excluding carboxylic acids is 1. The number of ketones is 1. The van der Waals surface area contributed by atoms with Crippen LogP contribution in [0.5, 0.6) is 0 Å². The van der Waals surface area contributed by atoms with Gasteiger partial charge in [-0.3, -0.25) is 4.79 Å². The number of benzene rings is 2. The Balaban J connectivity index is 1.61. The van der Waals surface area contributed by atoms with E-state index in [2.05, 4.69) is 30.8 Å². The van der Waals surface area contributed by atoms with Crippen molar-refractivity contribution in [3.8, 4) is 0 Å². The zero-order valence-electron chi connectivity index (χ0n) is 14.7. The summed E-state index contributed by atoms with van der Waals surface area (Å²) in [7, 11) is 1.98. The van der Waals surface area contributed by atoms with Gasteiger partial charge in [0.05, 0.1) is 11.4 Å². The number of rotatable bonds is 3. The van der Waals surface area contributed by atoms with Gasteiger partial charge in [0.2, 0.25) is 0 Å². The second-order valence-corrected chi connectivity index (χ2v) is 7.40. The van der Waals surface area contributed by atoms with Crippen LogP contribution < -0.4 is 0 Å². The van der Waals surface area contributed by atoms with E-state index in [0.29, 0.717) is 5.75 Å². The molecule has 0 fully saturated rings. The van der Waals surface area contributed by atoms with Gasteiger partial charge in [-0.25, -0.2) is 4.99 Å². The molecule has 3 nitrogen and oxygen atoms in total. The highest BCUT2D eigenvalue weighted by molar-refractivity contribution is 8.14. The molecule has 26 heavy (non-hydrogen) atoms. The zero-order chi connectivity index (χ0) is 18.1. The highest BCUT2D eigenvalue weighted by Crippen LogP contribution is 2.40. The topological polar surface area (TPSA) is 32.7 Å². The molecule has 0 N–H and O–H groups in total. The minimum Gasteiger partial charge on any atom is -0.324 e. The van der Waals surface area contributed by atoms with Gasteiger partial charge in [-0.15, -0.1) is 0 Å². The maximum absolute atomic E-state index is 12.4. The second kappa shape index (κ2) is 6.96. The summed E-state index contributed by atoms with van der Waals surface area (Å²) < 4.78 is 0. The van der Waals surface area contributed by atoms with Crippen molar-refractivity contribution in [2.45, 2.75) is 12.8 Å². The van der Waals surface area contributed by atoms with Crippen LogP contribution >= 0.6 is 11.8 Å². The van der Waals surface area contributed by atoms with Gasteiger partial charge in [-0.05, 0) is 18.4 Å². The Bertz CT molecular complexity index is 944. The van der Waals surface area contributed by atoms with Gasteiger partial charge in [0, 0.05) is 29.4 Å². The molecule has 4 rings (SSSR count). The molecule has 0 amide bonds. The number of thioether (sulfide) groups is 1. The van der Waals surface area contributed by atoms with Gasteiger partial charge in [0.15, 0.2) is 11.0 Å². The van der Waals surface area contributed by atoms with Crippen molar-refractivity contribution in [1.29, 1.82) is 0 Å². The molecule has 1 aliphatic carbocycles. The van der Waals surface area contributed by atoms with E-state index in [1.165, 1.54) is 28.5 Å². The number of allylic oxidation sites excluding steroid dienone is 1. The fourth-order valence-electron chi connectivity index (χ4n) is 3.37. The minimum atomic E-state index is 0.112. The molecule has 2 aliphatic rings. The third-order valence-corrected chi connectivity index (χ3v) is 5.91. The van der Waals surface area contributed by atoms with Crippen LogP contribution in [0.25, 0.3) is 5.70 Å². The lowest BCUT2D eigenvalue weighted by Crippen LogP contribution is -2.30. The molecule has 0 spiro atoms. The number of hydrogen-bond donors (Lipinski definition) is 0. The smallest absolute Gasteiger partial charge is 0.173 e. The molecule has 0 radical (unpaired) electrons. The lowest BCUT2D eigenvalue weighted by atomic mass is 9.87. The number of aryl methyl sites for hydroxylation is 1. The van der Waals surface area contributed by atoms with Crippen molar-refractivity contribution in [3.63, 3.8) is 0 Å². The summed E-state index contributed by atoms with van der Waals surface area (Å²) in [5, 5.41) is 0.828. The van der Waals surface area contributed by atoms with Crippen LogP contribution in [-0.4, -0.2) is 28.7 Å². The van der Waals surface area contributed by atoms with Gasteiger partial charge >= 0.3 is 0 Å². The van der Waals surface area contributed by atoms with Crippen molar-refractivity contribution in [2.75, 3.05) is 12.8 Å². The van der Waals surface area contributed by atoms with Gasteiger partial charge < -0.3 is 4.90 Å². The lowest BCUT2D eigenvalue weighted by molar-refractivity contribution is 0.102. The molecule has 0 atom stereocenters. The van der Waals surface area contributed by atoms with Crippen LogP contribution in [0.3, 0.4) is 0 Å². The third kappa shape index (κ3) is 3.01. The van der Waals surface area contributed by atoms with E-state index in [9.17, 15) is 4.79 Å². The van der Waals surface area contributed by atoms with E-state index in [0.717, 1.165) is 35.0 Å². The number of fused-ring (bicyclic) bond motifs is 2. The Morgan fingerprint density at radius 1 is 1.12 bits per heavy atom. The molecule has 4 heteroatoms. The van der Waals surface area contributed by atoms with Crippen LogP contribution in [0, 0.1) is 0 Å². The van der Waals surface area contributed by atoms with E-state index < -0.39 is 0 Å². The predicted octanol–water partition coefficient (Wildman–Crippen LogP) is 4.78. The fourth-order valence-corrected chi connectivity index (χ4v) is 4.26. The minimum absolute atomic E-state index is 0.112. The van der Waals surface area contributed by atoms with Crippen molar-refractivity contribution in [2.24, 2.45) is 4.99 Å². The SMILES string of the molecule is C=C1C2=C(N=C(SCC(=O)c3ccccc3)N1C)c1ccccc1CC2. The summed E-state index contributed by atoms with van der Waals surface area (Å²) in [4.78, 5) is 19.4. The molecule has 1 heterocycles. The van der Waals surface area contributed by atoms with Crippen molar-refractivity contribution in [1.82, 2.24) is 4.90 Å². The number of aliphatic imine (C=N–C) groups is 1. The van der Waals surface area contributed by atoms with E-state index in [4.69, 9.17) is 4.99 Å². The van der Waals surface area contributed by atoms with Gasteiger partial charge in [0.25, 0.3) is 0 Å². The van der Waals surface area contributed by atoms with E-state index in [1.807, 2.05) is 42.3 Å². The molecule has 130 valence electrons. The first-order valence-electron chi connectivity index (χ1n) is 8.69. The average Bonchev–Trinajstić information content (AvgIpc) is 2.69. The molecule has 1 aliphatic heterocycles. The summed E-state index contributed by atoms with van der Waals surface area (Å²) >= 11 is 1.47. The summed E-state index contributed by atoms with van der Waals surface area (Å²) in [5.41, 5.74) is 6.47. The number of carbonyl (C=O) groups is 1. The number of Topliss-reactive ketones (excluding diaryl/α,β-unsaturated/α-hetero) is 1. The second-order valence-electron chi connectivity index (χ2n) is 6.46. The first-order chi connectivity index (χ1) is 12.6. The lowest BCUT2D eigenvalue weighted by Gasteiger charge is -2.33. The first kappa shape index (κ1) is 16.9. The summed E-state index contributed by atoms with van der Waals surface area (Å²) in [6.45, 7) is 4.28. The molecular weight excluding hydrogens is 340 g/mol. The van der Waals surface area contributed by atoms with Crippen molar-refractivity contribution < 1.29 is 4.79 Å². The average molecular weight is 360 g/mol. The van der Waals surface area contributed by atoms with Gasteiger partial charge in [-0.1, -0.05) is 72.9 Å². The molecule has 0 aromatic heterocycles. The predicted molar refractivity (Wildman–Crippen MR) is 109 cm³/mol. The van der Waals surface area contributed by atoms with Crippen LogP contribution in [0.4, 0.5) is 0 Å². The van der Waals surface area contributed by atoms with E-state index >= 15 is 0 Å². The van der Waals surface area contributed by atoms with Gasteiger partial charge in [0.1, 0.15) is 0 Å². The normalized spacial score (nSPS) is 16.1. The summed E-state index contributed by atoms with van der Waals surface area (Å²) in [6, 6.07) is 17.8. The summed E-state index contributed by atoms with van der Waals surface area (Å²) in [6.07, 6.45) is 1.98. The first-order valence-corrected chi connectivity index (χ1v) is 9.68. The third-order valence-electron chi connectivity index (χ3n) is 4.88. The summed E-state index contributed by atoms with van der Waals surface area (Å²) in [5.74, 6) is 0.478. The van der Waals surface area contributed by atoms with Crippen LogP contribution in [0.15, 0.2) is 77.4 Å². The molecule has 2 aromatic carbocycles. The molecule has 0 saturated carbocycles. The van der Waals surface area contributed by atoms with Crippen LogP contribution in [0.2, 0.25) is 0 Å². The highest BCUT2D eigenvalue weighted by Gasteiger charge is 2.28. The standard InChI is InChI=1S/C22H20N2OS/c1-15-18-13-12-16-8-6-7-11-19(16)21(18)23-22(24(15)2)26-14-20(25)17-9-4-3-5-10-17/h3-11H,1,12-14H2,2H3. The maximum atomic E-state index is 12.4.